The normalized spacial score (nSPS) is 12.1. The average Bonchev–Trinajstić information content (AvgIpc) is 3.19. The molecule has 3 rings (SSSR count). The lowest BCUT2D eigenvalue weighted by Gasteiger charge is -2.20. The van der Waals surface area contributed by atoms with Gasteiger partial charge in [-0.1, -0.05) is 0 Å². The van der Waals surface area contributed by atoms with Gasteiger partial charge in [0.2, 0.25) is 0 Å². The predicted octanol–water partition coefficient (Wildman–Crippen LogP) is 5.37. The number of nitrogens with one attached hydrogen (secondary N) is 1. The Kier molecular flexibility index (Phi) is 5.40. The summed E-state index contributed by atoms with van der Waals surface area (Å²) < 4.78 is 12.6. The minimum Gasteiger partial charge on any atom is -0.455 e. The first-order valence-corrected chi connectivity index (χ1v) is 10.2. The lowest BCUT2D eigenvalue weighted by atomic mass is 10.1. The predicted molar refractivity (Wildman–Crippen MR) is 114 cm³/mol. The van der Waals surface area contributed by atoms with Crippen molar-refractivity contribution in [3.63, 3.8) is 0 Å². The Bertz CT molecular complexity index is 1040. The fraction of sp³-hybridized carbons (Fsp3) is 0.381. The van der Waals surface area contributed by atoms with E-state index in [4.69, 9.17) is 9.47 Å². The van der Waals surface area contributed by atoms with E-state index < -0.39 is 23.3 Å². The topological polar surface area (TPSA) is 81.9 Å². The van der Waals surface area contributed by atoms with Crippen molar-refractivity contribution < 1.29 is 19.1 Å². The second-order valence-corrected chi connectivity index (χ2v) is 9.35. The van der Waals surface area contributed by atoms with Crippen LogP contribution < -0.4 is 5.32 Å². The number of anilines is 1. The molecule has 154 valence electrons. The molecule has 3 heterocycles. The SMILES string of the molecule is CC(C)(C)OC(=O)Nc1cccn2c(C(=O)OC(C)(C)C)c(-c3ccsc3)nc12. The molecular formula is C21H25N3O4S. The summed E-state index contributed by atoms with van der Waals surface area (Å²) in [5.41, 5.74) is 1.20. The summed E-state index contributed by atoms with van der Waals surface area (Å²) in [5.74, 6) is -0.486. The summed E-state index contributed by atoms with van der Waals surface area (Å²) in [6, 6.07) is 5.33. The lowest BCUT2D eigenvalue weighted by Crippen LogP contribution is -2.27. The van der Waals surface area contributed by atoms with Gasteiger partial charge in [0.05, 0.1) is 5.69 Å². The van der Waals surface area contributed by atoms with Crippen molar-refractivity contribution in [2.75, 3.05) is 5.32 Å². The van der Waals surface area contributed by atoms with Gasteiger partial charge in [0.25, 0.3) is 0 Å². The first kappa shape index (κ1) is 20.9. The van der Waals surface area contributed by atoms with Gasteiger partial charge in [-0.2, -0.15) is 11.3 Å². The summed E-state index contributed by atoms with van der Waals surface area (Å²) in [6.45, 7) is 10.8. The van der Waals surface area contributed by atoms with Crippen LogP contribution in [0.2, 0.25) is 0 Å². The van der Waals surface area contributed by atoms with Gasteiger partial charge in [-0.05, 0) is 65.1 Å². The largest absolute Gasteiger partial charge is 0.455 e. The lowest BCUT2D eigenvalue weighted by molar-refractivity contribution is 0.00625. The summed E-state index contributed by atoms with van der Waals surface area (Å²) >= 11 is 1.51. The highest BCUT2D eigenvalue weighted by Gasteiger charge is 2.27. The fourth-order valence-electron chi connectivity index (χ4n) is 2.70. The first-order chi connectivity index (χ1) is 13.4. The number of thiophene rings is 1. The number of aromatic nitrogens is 2. The van der Waals surface area contributed by atoms with Gasteiger partial charge in [0.15, 0.2) is 11.3 Å². The number of esters is 1. The van der Waals surface area contributed by atoms with Gasteiger partial charge in [0.1, 0.15) is 16.9 Å². The molecule has 7 nitrogen and oxygen atoms in total. The number of nitrogens with zero attached hydrogens (tertiary/aromatic N) is 2. The van der Waals surface area contributed by atoms with E-state index in [1.54, 1.807) is 43.5 Å². The Balaban J connectivity index is 2.10. The monoisotopic (exact) mass is 415 g/mol. The van der Waals surface area contributed by atoms with Crippen LogP contribution in [0.1, 0.15) is 52.0 Å². The van der Waals surface area contributed by atoms with Gasteiger partial charge >= 0.3 is 12.1 Å². The third-order valence-electron chi connectivity index (χ3n) is 3.67. The third kappa shape index (κ3) is 4.95. The minimum atomic E-state index is -0.653. The maximum Gasteiger partial charge on any atom is 0.412 e. The molecule has 0 aliphatic rings. The van der Waals surface area contributed by atoms with Crippen molar-refractivity contribution in [1.82, 2.24) is 9.38 Å². The van der Waals surface area contributed by atoms with E-state index in [0.717, 1.165) is 5.56 Å². The number of carbonyl (C=O) groups is 2. The van der Waals surface area contributed by atoms with Crippen LogP contribution in [0.4, 0.5) is 10.5 Å². The number of imidazole rings is 1. The maximum absolute atomic E-state index is 13.0. The summed E-state index contributed by atoms with van der Waals surface area (Å²) in [4.78, 5) is 29.9. The zero-order valence-electron chi connectivity index (χ0n) is 17.4. The molecule has 0 aliphatic carbocycles. The Morgan fingerprint density at radius 1 is 1.07 bits per heavy atom. The van der Waals surface area contributed by atoms with Crippen molar-refractivity contribution in [2.45, 2.75) is 52.7 Å². The molecule has 0 aromatic carbocycles. The average molecular weight is 416 g/mol. The number of ether oxygens (including phenoxy) is 2. The van der Waals surface area contributed by atoms with E-state index in [2.05, 4.69) is 10.3 Å². The molecule has 29 heavy (non-hydrogen) atoms. The second-order valence-electron chi connectivity index (χ2n) is 8.57. The molecule has 0 atom stereocenters. The number of carbonyl (C=O) groups excluding carboxylic acids is 2. The Morgan fingerprint density at radius 3 is 2.34 bits per heavy atom. The zero-order chi connectivity index (χ0) is 21.4. The highest BCUT2D eigenvalue weighted by Crippen LogP contribution is 2.30. The number of hydrogen-bond acceptors (Lipinski definition) is 6. The van der Waals surface area contributed by atoms with E-state index in [1.807, 2.05) is 37.6 Å². The summed E-state index contributed by atoms with van der Waals surface area (Å²) in [7, 11) is 0. The number of fused-ring (bicyclic) bond motifs is 1. The van der Waals surface area contributed by atoms with Crippen LogP contribution in [0, 0.1) is 0 Å². The summed E-state index contributed by atoms with van der Waals surface area (Å²) in [5, 5.41) is 6.55. The summed E-state index contributed by atoms with van der Waals surface area (Å²) in [6.07, 6.45) is 1.13. The molecular weight excluding hydrogens is 390 g/mol. The van der Waals surface area contributed by atoms with Crippen LogP contribution in [0.3, 0.4) is 0 Å². The molecule has 0 unspecified atom stereocenters. The molecule has 3 aromatic heterocycles. The van der Waals surface area contributed by atoms with Crippen LogP contribution in [0.15, 0.2) is 35.2 Å². The first-order valence-electron chi connectivity index (χ1n) is 9.21. The van der Waals surface area contributed by atoms with E-state index in [-0.39, 0.29) is 0 Å². The minimum absolute atomic E-state index is 0.307. The molecule has 0 saturated heterocycles. The van der Waals surface area contributed by atoms with Gasteiger partial charge in [-0.3, -0.25) is 9.72 Å². The molecule has 0 aliphatic heterocycles. The van der Waals surface area contributed by atoms with Crippen molar-refractivity contribution >= 4 is 34.7 Å². The molecule has 3 aromatic rings. The zero-order valence-corrected chi connectivity index (χ0v) is 18.2. The molecule has 0 saturated carbocycles. The van der Waals surface area contributed by atoms with Gasteiger partial charge < -0.3 is 9.47 Å². The highest BCUT2D eigenvalue weighted by atomic mass is 32.1. The van der Waals surface area contributed by atoms with Crippen LogP contribution in [0.25, 0.3) is 16.9 Å². The molecule has 1 N–H and O–H groups in total. The van der Waals surface area contributed by atoms with Crippen LogP contribution in [-0.2, 0) is 9.47 Å². The quantitative estimate of drug-likeness (QED) is 0.582. The van der Waals surface area contributed by atoms with E-state index in [1.165, 1.54) is 11.3 Å². The van der Waals surface area contributed by atoms with E-state index in [9.17, 15) is 9.59 Å². The smallest absolute Gasteiger partial charge is 0.412 e. The van der Waals surface area contributed by atoms with E-state index >= 15 is 0 Å². The Hall–Kier alpha value is -2.87. The van der Waals surface area contributed by atoms with Crippen molar-refractivity contribution in [2.24, 2.45) is 0 Å². The molecule has 0 fully saturated rings. The number of hydrogen-bond donors (Lipinski definition) is 1. The Labute approximate surface area is 173 Å². The van der Waals surface area contributed by atoms with E-state index in [0.29, 0.717) is 22.7 Å². The number of rotatable bonds is 3. The number of pyridine rings is 1. The molecule has 0 radical (unpaired) electrons. The molecule has 1 amide bonds. The maximum atomic E-state index is 13.0. The molecule has 8 heteroatoms. The Morgan fingerprint density at radius 2 is 1.76 bits per heavy atom. The van der Waals surface area contributed by atoms with Crippen LogP contribution >= 0.6 is 11.3 Å². The fourth-order valence-corrected chi connectivity index (χ4v) is 3.34. The third-order valence-corrected chi connectivity index (χ3v) is 4.36. The number of amides is 1. The van der Waals surface area contributed by atoms with Gasteiger partial charge in [-0.15, -0.1) is 0 Å². The van der Waals surface area contributed by atoms with Crippen LogP contribution in [0.5, 0.6) is 0 Å². The molecule has 0 spiro atoms. The standard InChI is InChI=1S/C21H25N3O4S/c1-20(2,3)27-18(25)16-15(13-9-11-29-12-13)23-17-14(8-7-10-24(16)17)22-19(26)28-21(4,5)6/h7-12H,1-6H3,(H,22,26). The van der Waals surface area contributed by atoms with Crippen molar-refractivity contribution in [3.8, 4) is 11.3 Å². The van der Waals surface area contributed by atoms with Crippen molar-refractivity contribution in [1.29, 1.82) is 0 Å². The van der Waals surface area contributed by atoms with Crippen molar-refractivity contribution in [3.05, 3.63) is 40.8 Å². The van der Waals surface area contributed by atoms with Gasteiger partial charge in [0, 0.05) is 17.1 Å². The van der Waals surface area contributed by atoms with Gasteiger partial charge in [-0.25, -0.2) is 14.6 Å². The second kappa shape index (κ2) is 7.51. The van der Waals surface area contributed by atoms with Crippen LogP contribution in [-0.4, -0.2) is 32.6 Å². The molecule has 0 bridgehead atoms. The highest BCUT2D eigenvalue weighted by molar-refractivity contribution is 7.08.